The van der Waals surface area contributed by atoms with Gasteiger partial charge in [-0.25, -0.2) is 9.69 Å². The van der Waals surface area contributed by atoms with Gasteiger partial charge in [0, 0.05) is 0 Å². The summed E-state index contributed by atoms with van der Waals surface area (Å²) in [6.45, 7) is 6.99. The molecule has 32 heavy (non-hydrogen) atoms. The van der Waals surface area contributed by atoms with Crippen LogP contribution in [0.3, 0.4) is 0 Å². The fourth-order valence-electron chi connectivity index (χ4n) is 3.13. The minimum Gasteiger partial charge on any atom is -0.493 e. The van der Waals surface area contributed by atoms with E-state index in [9.17, 15) is 14.4 Å². The quantitative estimate of drug-likeness (QED) is 0.295. The molecule has 0 N–H and O–H groups in total. The van der Waals surface area contributed by atoms with Crippen LogP contribution < -0.4 is 9.64 Å². The van der Waals surface area contributed by atoms with E-state index in [-0.39, 0.29) is 21.9 Å². The average molecular weight is 456 g/mol. The molecule has 3 rings (SSSR count). The molecule has 0 radical (unpaired) electrons. The maximum absolute atomic E-state index is 13.1. The number of carbonyl (C=O) groups is 3. The van der Waals surface area contributed by atoms with Crippen molar-refractivity contribution in [2.24, 2.45) is 5.92 Å². The summed E-state index contributed by atoms with van der Waals surface area (Å²) in [5.41, 5.74) is 1.15. The van der Waals surface area contributed by atoms with Gasteiger partial charge in [-0.05, 0) is 48.2 Å². The van der Waals surface area contributed by atoms with Crippen LogP contribution in [0.5, 0.6) is 5.75 Å². The van der Waals surface area contributed by atoms with Crippen LogP contribution in [0.15, 0.2) is 53.6 Å². The van der Waals surface area contributed by atoms with Gasteiger partial charge in [0.05, 0.1) is 30.0 Å². The zero-order chi connectivity index (χ0) is 23.3. The third kappa shape index (κ3) is 5.19. The molecule has 7 heteroatoms. The third-order valence-corrected chi connectivity index (χ3v) is 5.18. The molecule has 168 valence electrons. The predicted molar refractivity (Wildman–Crippen MR) is 124 cm³/mol. The lowest BCUT2D eigenvalue weighted by atomic mass is 10.1. The Morgan fingerprint density at radius 1 is 1.06 bits per heavy atom. The van der Waals surface area contributed by atoms with Gasteiger partial charge in [-0.2, -0.15) is 0 Å². The van der Waals surface area contributed by atoms with E-state index in [2.05, 4.69) is 13.8 Å². The molecule has 0 spiro atoms. The van der Waals surface area contributed by atoms with Crippen LogP contribution in [0.2, 0.25) is 0 Å². The van der Waals surface area contributed by atoms with Crippen LogP contribution >= 0.6 is 11.6 Å². The molecule has 2 aromatic carbocycles. The minimum atomic E-state index is -0.636. The first kappa shape index (κ1) is 23.5. The second kappa shape index (κ2) is 10.5. The first-order valence-electron chi connectivity index (χ1n) is 10.6. The predicted octanol–water partition coefficient (Wildman–Crippen LogP) is 5.20. The Balaban J connectivity index is 1.81. The Morgan fingerprint density at radius 3 is 2.44 bits per heavy atom. The minimum absolute atomic E-state index is 0.114. The fourth-order valence-corrected chi connectivity index (χ4v) is 3.41. The first-order valence-corrected chi connectivity index (χ1v) is 11.0. The number of ether oxygens (including phenoxy) is 2. The van der Waals surface area contributed by atoms with Gasteiger partial charge in [-0.15, -0.1) is 0 Å². The molecule has 1 aliphatic heterocycles. The van der Waals surface area contributed by atoms with E-state index < -0.39 is 17.8 Å². The van der Waals surface area contributed by atoms with Crippen molar-refractivity contribution in [3.05, 3.63) is 64.7 Å². The largest absolute Gasteiger partial charge is 0.493 e. The normalized spacial score (nSPS) is 13.8. The molecule has 0 saturated heterocycles. The molecule has 2 aromatic rings. The number of imide groups is 1. The lowest BCUT2D eigenvalue weighted by molar-refractivity contribution is -0.119. The van der Waals surface area contributed by atoms with Gasteiger partial charge < -0.3 is 9.47 Å². The molecule has 6 nitrogen and oxygen atoms in total. The zero-order valence-corrected chi connectivity index (χ0v) is 19.1. The van der Waals surface area contributed by atoms with Crippen molar-refractivity contribution >= 4 is 40.6 Å². The van der Waals surface area contributed by atoms with Gasteiger partial charge in [-0.3, -0.25) is 9.59 Å². The van der Waals surface area contributed by atoms with Crippen LogP contribution in [-0.4, -0.2) is 31.0 Å². The standard InChI is InChI=1S/C25H26ClNO5/c1-4-5-13-31-25(30)18-7-6-8-19(14-18)27-23(28)21(22(26)24(27)29)17-9-11-20(12-10-17)32-15-16(2)3/h6-12,14,16H,4-5,13,15H2,1-3H3. The van der Waals surface area contributed by atoms with Crippen LogP contribution in [0.25, 0.3) is 5.57 Å². The third-order valence-electron chi connectivity index (χ3n) is 4.82. The highest BCUT2D eigenvalue weighted by molar-refractivity contribution is 6.60. The van der Waals surface area contributed by atoms with Crippen molar-refractivity contribution in [2.75, 3.05) is 18.1 Å². The van der Waals surface area contributed by atoms with Gasteiger partial charge in [0.25, 0.3) is 11.8 Å². The molecule has 0 bridgehead atoms. The van der Waals surface area contributed by atoms with E-state index in [0.29, 0.717) is 30.4 Å². The maximum atomic E-state index is 13.1. The number of amides is 2. The summed E-state index contributed by atoms with van der Waals surface area (Å²) >= 11 is 6.28. The topological polar surface area (TPSA) is 72.9 Å². The van der Waals surface area contributed by atoms with Crippen molar-refractivity contribution in [2.45, 2.75) is 33.6 Å². The van der Waals surface area contributed by atoms with E-state index in [1.54, 1.807) is 42.5 Å². The molecule has 1 aliphatic rings. The zero-order valence-electron chi connectivity index (χ0n) is 18.4. The van der Waals surface area contributed by atoms with Crippen LogP contribution in [-0.2, 0) is 14.3 Å². The molecule has 0 fully saturated rings. The van der Waals surface area contributed by atoms with E-state index in [0.717, 1.165) is 17.7 Å². The van der Waals surface area contributed by atoms with Crippen molar-refractivity contribution in [3.63, 3.8) is 0 Å². The Kier molecular flexibility index (Phi) is 7.70. The number of anilines is 1. The van der Waals surface area contributed by atoms with Gasteiger partial charge in [0.15, 0.2) is 0 Å². The summed E-state index contributed by atoms with van der Waals surface area (Å²) in [5, 5.41) is -0.165. The Hall–Kier alpha value is -3.12. The summed E-state index contributed by atoms with van der Waals surface area (Å²) < 4.78 is 10.9. The number of nitrogens with zero attached hydrogens (tertiary/aromatic N) is 1. The number of unbranched alkanes of at least 4 members (excludes halogenated alkanes) is 1. The number of rotatable bonds is 9. The highest BCUT2D eigenvalue weighted by atomic mass is 35.5. The van der Waals surface area contributed by atoms with Crippen LogP contribution in [0.4, 0.5) is 5.69 Å². The van der Waals surface area contributed by atoms with Gasteiger partial charge in [0.2, 0.25) is 0 Å². The monoisotopic (exact) mass is 455 g/mol. The summed E-state index contributed by atoms with van der Waals surface area (Å²) in [7, 11) is 0. The van der Waals surface area contributed by atoms with Gasteiger partial charge >= 0.3 is 5.97 Å². The Bertz CT molecular complexity index is 1040. The number of hydrogen-bond acceptors (Lipinski definition) is 5. The molecule has 1 heterocycles. The Labute approximate surface area is 192 Å². The number of hydrogen-bond donors (Lipinski definition) is 0. The summed E-state index contributed by atoms with van der Waals surface area (Å²) in [6.07, 6.45) is 1.67. The van der Waals surface area contributed by atoms with Gasteiger partial charge in [-0.1, -0.05) is 57.0 Å². The lowest BCUT2D eigenvalue weighted by Gasteiger charge is -2.16. The summed E-state index contributed by atoms with van der Waals surface area (Å²) in [6, 6.07) is 13.1. The highest BCUT2D eigenvalue weighted by Crippen LogP contribution is 2.35. The average Bonchev–Trinajstić information content (AvgIpc) is 3.01. The Morgan fingerprint density at radius 2 is 1.78 bits per heavy atom. The van der Waals surface area contributed by atoms with Crippen LogP contribution in [0, 0.1) is 5.92 Å². The van der Waals surface area contributed by atoms with E-state index in [4.69, 9.17) is 21.1 Å². The first-order chi connectivity index (χ1) is 15.3. The van der Waals surface area contributed by atoms with Crippen LogP contribution in [0.1, 0.15) is 49.5 Å². The van der Waals surface area contributed by atoms with Crippen molar-refractivity contribution < 1.29 is 23.9 Å². The number of halogens is 1. The number of esters is 1. The lowest BCUT2D eigenvalue weighted by Crippen LogP contribution is -2.31. The molecule has 2 amide bonds. The molecule has 0 aliphatic carbocycles. The van der Waals surface area contributed by atoms with Crippen molar-refractivity contribution in [3.8, 4) is 5.75 Å². The van der Waals surface area contributed by atoms with Crippen molar-refractivity contribution in [1.29, 1.82) is 0 Å². The second-order valence-corrected chi connectivity index (χ2v) is 8.28. The molecule has 0 saturated carbocycles. The molecular formula is C25H26ClNO5. The molecular weight excluding hydrogens is 430 g/mol. The number of carbonyl (C=O) groups excluding carboxylic acids is 3. The smallest absolute Gasteiger partial charge is 0.338 e. The van der Waals surface area contributed by atoms with Crippen molar-refractivity contribution in [1.82, 2.24) is 0 Å². The molecule has 0 atom stereocenters. The maximum Gasteiger partial charge on any atom is 0.338 e. The summed E-state index contributed by atoms with van der Waals surface area (Å²) in [4.78, 5) is 39.2. The summed E-state index contributed by atoms with van der Waals surface area (Å²) in [5.74, 6) is -0.637. The number of benzene rings is 2. The fraction of sp³-hybridized carbons (Fsp3) is 0.320. The van der Waals surface area contributed by atoms with E-state index >= 15 is 0 Å². The molecule has 0 unspecified atom stereocenters. The second-order valence-electron chi connectivity index (χ2n) is 7.90. The SMILES string of the molecule is CCCCOC(=O)c1cccc(N2C(=O)C(Cl)=C(c3ccc(OCC(C)C)cc3)C2=O)c1. The highest BCUT2D eigenvalue weighted by Gasteiger charge is 2.39. The van der Waals surface area contributed by atoms with Gasteiger partial charge in [0.1, 0.15) is 10.8 Å². The van der Waals surface area contributed by atoms with E-state index in [1.165, 1.54) is 6.07 Å². The van der Waals surface area contributed by atoms with E-state index in [1.807, 2.05) is 6.92 Å². The molecule has 0 aromatic heterocycles.